The summed E-state index contributed by atoms with van der Waals surface area (Å²) in [7, 11) is 5.69. The molecule has 3 aromatic rings. The van der Waals surface area contributed by atoms with Gasteiger partial charge in [-0.15, -0.1) is 0 Å². The maximum absolute atomic E-state index is 15.7. The number of methoxy groups -OCH3 is 3. The minimum Gasteiger partial charge on any atom is -0.496 e. The van der Waals surface area contributed by atoms with E-state index in [1.54, 1.807) is 11.9 Å². The van der Waals surface area contributed by atoms with E-state index in [0.29, 0.717) is 112 Å². The number of primary amides is 1. The number of carbonyl (C=O) groups is 11. The number of anilines is 1. The molecule has 5 fully saturated rings. The molecule has 8 amide bonds. The molecule has 4 unspecified atom stereocenters. The van der Waals surface area contributed by atoms with Crippen molar-refractivity contribution in [3.63, 3.8) is 0 Å². The van der Waals surface area contributed by atoms with Gasteiger partial charge in [-0.3, -0.25) is 57.7 Å². The molecule has 17 atom stereocenters. The van der Waals surface area contributed by atoms with Crippen molar-refractivity contribution < 1.29 is 102 Å². The molecule has 3 saturated heterocycles. The minimum atomic E-state index is -2.73. The number of para-hydroxylation sites is 1. The van der Waals surface area contributed by atoms with Gasteiger partial charge in [-0.1, -0.05) is 63.5 Å². The Hall–Kier alpha value is -8.83. The number of ether oxygens (including phenoxy) is 4. The topological polar surface area (TPSA) is 473 Å². The Morgan fingerprint density at radius 3 is 2.06 bits per heavy atom. The number of rotatable bonds is 27. The van der Waals surface area contributed by atoms with E-state index in [-0.39, 0.29) is 31.7 Å². The number of nitrogens with one attached hydrogen (secondary N) is 7. The summed E-state index contributed by atoms with van der Waals surface area (Å²) >= 11 is 0. The van der Waals surface area contributed by atoms with Gasteiger partial charge in [0.05, 0.1) is 58.9 Å². The van der Waals surface area contributed by atoms with Crippen LogP contribution in [0.1, 0.15) is 127 Å². The Labute approximate surface area is 625 Å². The molecular weight excluding hydrogens is 1400 g/mol. The van der Waals surface area contributed by atoms with E-state index in [9.17, 15) is 73.8 Å². The first-order chi connectivity index (χ1) is 51.5. The van der Waals surface area contributed by atoms with Crippen molar-refractivity contribution in [3.8, 4) is 5.75 Å². The Morgan fingerprint density at radius 2 is 1.41 bits per heavy atom. The lowest BCUT2D eigenvalue weighted by Crippen LogP contribution is -2.81. The van der Waals surface area contributed by atoms with E-state index in [4.69, 9.17) is 24.7 Å². The molecular formula is C75H104N12O21. The van der Waals surface area contributed by atoms with Crippen LogP contribution in [-0.2, 0) is 84.2 Å². The average molecular weight is 1510 g/mol. The largest absolute Gasteiger partial charge is 0.496 e. The number of H-pyrrole nitrogens is 1. The van der Waals surface area contributed by atoms with Crippen LogP contribution < -0.4 is 47.3 Å². The predicted octanol–water partition coefficient (Wildman–Crippen LogP) is -2.68. The number of esters is 3. The smallest absolute Gasteiger partial charge is 0.344 e. The maximum atomic E-state index is 15.7. The van der Waals surface area contributed by atoms with Gasteiger partial charge >= 0.3 is 17.9 Å². The van der Waals surface area contributed by atoms with E-state index in [0.717, 1.165) is 34.9 Å². The standard InChI is InChI=1S/C75H104N12O21/c1-8-71(103)31-41-32-74(69(101)106-6,59-45(22-26-85(34-41)39-71)44-18-13-14-19-48(44)78-59)47-29-46-53(30-55(47)105-5)84(4)67-73(46)24-27-86-25-15-23-72(9-2,66(73)86)68(75(67,104)70(102)107-7)108-57(94)33-77-60(95)50(36-88)80-61(96)49(20-21-56(76)93)79-65(100)58(42-16-11-10-12-17-42)83-63(98)52(38-90)81-62(97)51(37-89)82-64(99)54-28-43(92)35-87(54)40(3)91/h13-15,18-19,23,29-30,41-43,49-52,54,58,66-68,78,88-90,92,103-104H,8-12,16-17,20-22,24-28,31-39H2,1-7H3,(H2,76,93)(H,77,95)(H,79,100)(H,80,96)(H,81,97)(H,82,99)(H,83,98)/t41-,43+,49-,50-,51-,52-,54-,58-,66?,67?,68+,71-,72+,73?,74-,75-/m0/s1. The van der Waals surface area contributed by atoms with Crippen molar-refractivity contribution in [3.05, 3.63) is 70.9 Å². The molecule has 1 aromatic heterocycles. The minimum absolute atomic E-state index is 0.148. The highest BCUT2D eigenvalue weighted by Crippen LogP contribution is 2.68. The van der Waals surface area contributed by atoms with E-state index < -0.39 is 198 Å². The van der Waals surface area contributed by atoms with Crippen LogP contribution in [0, 0.1) is 17.3 Å². The van der Waals surface area contributed by atoms with Crippen LogP contribution >= 0.6 is 0 Å². The number of benzene rings is 2. The zero-order valence-corrected chi connectivity index (χ0v) is 62.2. The van der Waals surface area contributed by atoms with Crippen molar-refractivity contribution in [2.45, 2.75) is 193 Å². The summed E-state index contributed by atoms with van der Waals surface area (Å²) in [6, 6.07) is 0.0330. The molecule has 2 saturated carbocycles. The molecule has 8 aliphatic rings. The number of likely N-dealkylation sites (tertiary alicyclic amines) is 1. The second-order valence-corrected chi connectivity index (χ2v) is 30.6. The fourth-order valence-corrected chi connectivity index (χ4v) is 19.5. The molecule has 1 spiro atoms. The van der Waals surface area contributed by atoms with Crippen molar-refractivity contribution in [1.29, 1.82) is 0 Å². The number of hydrogen-bond acceptors (Lipinski definition) is 24. The molecule has 2 aromatic carbocycles. The molecule has 7 heterocycles. The monoisotopic (exact) mass is 1510 g/mol. The number of carbonyl (C=O) groups excluding carboxylic acids is 11. The van der Waals surface area contributed by atoms with E-state index in [1.165, 1.54) is 21.1 Å². The lowest BCUT2D eigenvalue weighted by molar-refractivity contribution is -0.229. The number of nitrogens with two attached hydrogens (primary N) is 1. The number of β-amino-alcohol motifs (C(OH)–C–C–N with tert-alkyl or cyclic N) is 1. The van der Waals surface area contributed by atoms with Crippen LogP contribution in [0.5, 0.6) is 5.75 Å². The number of fused-ring (bicyclic) bond motifs is 6. The van der Waals surface area contributed by atoms with Gasteiger partial charge in [0, 0.05) is 110 Å². The number of aromatic nitrogens is 1. The highest BCUT2D eigenvalue weighted by Gasteiger charge is 2.80. The molecule has 108 heavy (non-hydrogen) atoms. The van der Waals surface area contributed by atoms with Crippen molar-refractivity contribution in [2.24, 2.45) is 23.0 Å². The summed E-state index contributed by atoms with van der Waals surface area (Å²) in [6.07, 6.45) is 4.68. The number of amides is 8. The third-order valence-corrected chi connectivity index (χ3v) is 24.4. The number of aliphatic hydroxyl groups is 6. The highest BCUT2D eigenvalue weighted by molar-refractivity contribution is 5.99. The molecule has 0 radical (unpaired) electrons. The number of likely N-dealkylation sites (N-methyl/N-ethyl adjacent to an activating group) is 1. The summed E-state index contributed by atoms with van der Waals surface area (Å²) in [5.41, 5.74) is 1.50. The number of aliphatic hydroxyl groups excluding tert-OH is 4. The number of piperidine rings is 1. The predicted molar refractivity (Wildman–Crippen MR) is 385 cm³/mol. The second kappa shape index (κ2) is 32.4. The fraction of sp³-hybridized carbons (Fsp3) is 0.640. The van der Waals surface area contributed by atoms with Crippen LogP contribution in [0.15, 0.2) is 48.6 Å². The van der Waals surface area contributed by atoms with Gasteiger partial charge in [-0.25, -0.2) is 4.79 Å². The first kappa shape index (κ1) is 80.2. The third-order valence-electron chi connectivity index (χ3n) is 24.4. The average Bonchev–Trinajstić information content (AvgIpc) is 1.46. The molecule has 590 valence electrons. The number of hydrogen-bond donors (Lipinski definition) is 14. The molecule has 6 aliphatic heterocycles. The maximum Gasteiger partial charge on any atom is 0.344 e. The third kappa shape index (κ3) is 14.5. The van der Waals surface area contributed by atoms with E-state index in [2.05, 4.69) is 46.7 Å². The van der Waals surface area contributed by atoms with Crippen LogP contribution in [-0.4, -0.2) is 281 Å². The second-order valence-electron chi connectivity index (χ2n) is 30.6. The van der Waals surface area contributed by atoms with E-state index >= 15 is 9.59 Å². The summed E-state index contributed by atoms with van der Waals surface area (Å²) in [6.45, 7) is 3.22. The highest BCUT2D eigenvalue weighted by atomic mass is 16.6. The Morgan fingerprint density at radius 1 is 0.750 bits per heavy atom. The van der Waals surface area contributed by atoms with Crippen LogP contribution in [0.2, 0.25) is 0 Å². The molecule has 33 nitrogen and oxygen atoms in total. The normalized spacial score (nSPS) is 29.8. The summed E-state index contributed by atoms with van der Waals surface area (Å²) in [5.74, 6) is -11.2. The van der Waals surface area contributed by atoms with Crippen molar-refractivity contribution in [1.82, 2.24) is 51.6 Å². The quantitative estimate of drug-likeness (QED) is 0.0210. The molecule has 15 N–H and O–H groups in total. The van der Waals surface area contributed by atoms with Gasteiger partial charge in [-0.05, 0) is 99.4 Å². The van der Waals surface area contributed by atoms with Gasteiger partial charge in [0.1, 0.15) is 54.0 Å². The Balaban J connectivity index is 0.842. The Kier molecular flexibility index (Phi) is 24.0. The lowest BCUT2D eigenvalue weighted by Gasteiger charge is -2.63. The van der Waals surface area contributed by atoms with Gasteiger partial charge in [0.2, 0.25) is 52.9 Å². The van der Waals surface area contributed by atoms with Gasteiger partial charge in [0.15, 0.2) is 6.10 Å². The molecule has 11 rings (SSSR count). The van der Waals surface area contributed by atoms with Crippen molar-refractivity contribution in [2.75, 3.05) is 98.9 Å². The van der Waals surface area contributed by atoms with Gasteiger partial charge in [-0.2, -0.15) is 0 Å². The van der Waals surface area contributed by atoms with Crippen LogP contribution in [0.25, 0.3) is 10.9 Å². The van der Waals surface area contributed by atoms with Gasteiger partial charge in [0.25, 0.3) is 0 Å². The Bertz CT molecular complexity index is 4000. The fourth-order valence-electron chi connectivity index (χ4n) is 19.5. The van der Waals surface area contributed by atoms with E-state index in [1.807, 2.05) is 62.4 Å². The summed E-state index contributed by atoms with van der Waals surface area (Å²) in [4.78, 5) is 165. The van der Waals surface area contributed by atoms with Crippen molar-refractivity contribution >= 4 is 81.8 Å². The van der Waals surface area contributed by atoms with Crippen LogP contribution in [0.3, 0.4) is 0 Å². The SMILES string of the molecule is CC[C@]1(O)C[C@@H]2CN(CCc3c([nH]c4ccccc34)[C@@](C(=O)OC)(c3cc4c(cc3OC)N(C)C3C45CCN4CC=C[C@](CC)(C45)[C@@H](OC(=O)CNC(=O)[C@H](CO)NC(=O)[C@H](CCC(N)=O)NC(=O)[C@@H](NC(=O)[C@H](CO)NC(=O)[C@H](CO)NC(=O)[C@@H]4C[C@@H](O)CN4C(C)=O)C4CCCCC4)[C@]3(O)C(=O)OC)C2)C1. The first-order valence-electron chi connectivity index (χ1n) is 37.4. The van der Waals surface area contributed by atoms with Crippen LogP contribution in [0.4, 0.5) is 5.69 Å². The molecule has 2 bridgehead atoms. The zero-order chi connectivity index (χ0) is 78.1. The lowest BCUT2D eigenvalue weighted by atomic mass is 9.47. The molecule has 33 heteroatoms. The summed E-state index contributed by atoms with van der Waals surface area (Å²) < 4.78 is 24.5. The number of nitrogens with zero attached hydrogens (tertiary/aromatic N) is 4. The summed E-state index contributed by atoms with van der Waals surface area (Å²) in [5, 5.41) is 82.9. The molecule has 2 aliphatic carbocycles. The number of aromatic amines is 1. The zero-order valence-electron chi connectivity index (χ0n) is 62.2. The van der Waals surface area contributed by atoms with Gasteiger partial charge < -0.3 is 102 Å². The first-order valence-corrected chi connectivity index (χ1v) is 37.4.